The lowest BCUT2D eigenvalue weighted by atomic mass is 10.0. The maximum atomic E-state index is 11.2. The van der Waals surface area contributed by atoms with Gasteiger partial charge < -0.3 is 9.64 Å². The summed E-state index contributed by atoms with van der Waals surface area (Å²) in [5, 5.41) is 3.11. The van der Waals surface area contributed by atoms with E-state index in [9.17, 15) is 4.79 Å². The number of likely N-dealkylation sites (N-methyl/N-ethyl adjacent to an activating group) is 1. The van der Waals surface area contributed by atoms with Crippen molar-refractivity contribution in [2.75, 3.05) is 38.7 Å². The van der Waals surface area contributed by atoms with Crippen molar-refractivity contribution in [3.05, 3.63) is 11.1 Å². The molecule has 5 nitrogen and oxygen atoms in total. The minimum absolute atomic E-state index is 0.163. The number of anilines is 1. The van der Waals surface area contributed by atoms with Crippen LogP contribution >= 0.6 is 11.3 Å². The van der Waals surface area contributed by atoms with E-state index >= 15 is 0 Å². The molecule has 2 rings (SSSR count). The molecule has 1 aliphatic heterocycles. The maximum Gasteiger partial charge on any atom is 0.305 e. The summed E-state index contributed by atoms with van der Waals surface area (Å²) >= 11 is 1.66. The van der Waals surface area contributed by atoms with Gasteiger partial charge in [0.1, 0.15) is 0 Å². The van der Waals surface area contributed by atoms with Gasteiger partial charge >= 0.3 is 5.97 Å². The molecule has 0 atom stereocenters. The first kappa shape index (κ1) is 15.3. The van der Waals surface area contributed by atoms with Crippen molar-refractivity contribution >= 4 is 22.4 Å². The summed E-state index contributed by atoms with van der Waals surface area (Å²) in [4.78, 5) is 20.5. The normalized spacial score (nSPS) is 19.1. The Morgan fingerprint density at radius 1 is 1.50 bits per heavy atom. The molecule has 20 heavy (non-hydrogen) atoms. The summed E-state index contributed by atoms with van der Waals surface area (Å²) in [5.74, 6) is -0.180. The lowest BCUT2D eigenvalue weighted by molar-refractivity contribution is -0.140. The number of thiazole rings is 1. The number of piperazine rings is 1. The van der Waals surface area contributed by atoms with Crippen LogP contribution in [-0.4, -0.2) is 55.2 Å². The highest BCUT2D eigenvalue weighted by molar-refractivity contribution is 7.13. The zero-order chi connectivity index (χ0) is 14.8. The van der Waals surface area contributed by atoms with Crippen molar-refractivity contribution in [3.8, 4) is 0 Å². The molecular weight excluding hydrogens is 274 g/mol. The van der Waals surface area contributed by atoms with Gasteiger partial charge in [0, 0.05) is 37.0 Å². The summed E-state index contributed by atoms with van der Waals surface area (Å²) in [6, 6.07) is 0. The number of esters is 1. The fraction of sp³-hybridized carbons (Fsp3) is 0.714. The Labute approximate surface area is 124 Å². The fourth-order valence-corrected chi connectivity index (χ4v) is 3.18. The van der Waals surface area contributed by atoms with Crippen LogP contribution in [0.3, 0.4) is 0 Å². The van der Waals surface area contributed by atoms with Crippen LogP contribution in [0.2, 0.25) is 0 Å². The molecule has 1 saturated heterocycles. The molecule has 1 aromatic rings. The number of hydrogen-bond donors (Lipinski definition) is 0. The van der Waals surface area contributed by atoms with Gasteiger partial charge in [-0.3, -0.25) is 9.69 Å². The van der Waals surface area contributed by atoms with E-state index < -0.39 is 0 Å². The van der Waals surface area contributed by atoms with Gasteiger partial charge in [-0.25, -0.2) is 4.98 Å². The molecule has 0 saturated carbocycles. The topological polar surface area (TPSA) is 45.7 Å². The number of carbonyl (C=O) groups is 1. The highest BCUT2D eigenvalue weighted by atomic mass is 32.1. The summed E-state index contributed by atoms with van der Waals surface area (Å²) < 4.78 is 4.65. The fourth-order valence-electron chi connectivity index (χ4n) is 2.29. The van der Waals surface area contributed by atoms with Gasteiger partial charge in [0.25, 0.3) is 0 Å². The van der Waals surface area contributed by atoms with Gasteiger partial charge in [-0.15, -0.1) is 11.3 Å². The van der Waals surface area contributed by atoms with Gasteiger partial charge in [0.05, 0.1) is 19.2 Å². The number of aryl methyl sites for hydroxylation is 1. The Morgan fingerprint density at radius 3 is 2.90 bits per heavy atom. The Morgan fingerprint density at radius 2 is 2.25 bits per heavy atom. The summed E-state index contributed by atoms with van der Waals surface area (Å²) in [6.07, 6.45) is 1.05. The molecule has 0 aliphatic carbocycles. The standard InChI is InChI=1S/C14H23N3O2S/c1-14(2)10-17(8-7-16(14)3)13-15-11(9-20-13)5-6-12(18)19-4/h9H,5-8,10H2,1-4H3. The van der Waals surface area contributed by atoms with Gasteiger partial charge in [-0.05, 0) is 20.9 Å². The van der Waals surface area contributed by atoms with Crippen LogP contribution in [0.15, 0.2) is 5.38 Å². The summed E-state index contributed by atoms with van der Waals surface area (Å²) in [7, 11) is 3.59. The van der Waals surface area contributed by atoms with Gasteiger partial charge in [0.2, 0.25) is 0 Å². The largest absolute Gasteiger partial charge is 0.469 e. The molecule has 112 valence electrons. The molecule has 6 heteroatoms. The molecule has 1 aromatic heterocycles. The monoisotopic (exact) mass is 297 g/mol. The average molecular weight is 297 g/mol. The van der Waals surface area contributed by atoms with Gasteiger partial charge in [-0.1, -0.05) is 0 Å². The van der Waals surface area contributed by atoms with E-state index in [1.165, 1.54) is 7.11 Å². The van der Waals surface area contributed by atoms with Crippen molar-refractivity contribution in [1.29, 1.82) is 0 Å². The van der Waals surface area contributed by atoms with Crippen molar-refractivity contribution < 1.29 is 9.53 Å². The van der Waals surface area contributed by atoms with E-state index in [1.807, 2.05) is 5.38 Å². The molecule has 0 spiro atoms. The van der Waals surface area contributed by atoms with E-state index in [1.54, 1.807) is 11.3 Å². The quantitative estimate of drug-likeness (QED) is 0.793. The molecule has 1 fully saturated rings. The second-order valence-electron chi connectivity index (χ2n) is 5.85. The second kappa shape index (κ2) is 6.10. The lowest BCUT2D eigenvalue weighted by Gasteiger charge is -2.45. The molecule has 2 heterocycles. The number of methoxy groups -OCH3 is 1. The molecule has 0 radical (unpaired) electrons. The van der Waals surface area contributed by atoms with E-state index in [0.29, 0.717) is 12.8 Å². The van der Waals surface area contributed by atoms with Crippen molar-refractivity contribution in [2.24, 2.45) is 0 Å². The van der Waals surface area contributed by atoms with Crippen LogP contribution in [0, 0.1) is 0 Å². The Balaban J connectivity index is 1.97. The predicted octanol–water partition coefficient (Wildman–Crippen LogP) is 1.78. The Hall–Kier alpha value is -1.14. The molecule has 0 amide bonds. The van der Waals surface area contributed by atoms with Crippen LogP contribution in [-0.2, 0) is 16.0 Å². The van der Waals surface area contributed by atoms with Gasteiger partial charge in [-0.2, -0.15) is 0 Å². The number of nitrogens with zero attached hydrogens (tertiary/aromatic N) is 3. The second-order valence-corrected chi connectivity index (χ2v) is 6.69. The molecular formula is C14H23N3O2S. The van der Waals surface area contributed by atoms with Crippen molar-refractivity contribution in [3.63, 3.8) is 0 Å². The minimum atomic E-state index is -0.180. The molecule has 0 N–H and O–H groups in total. The zero-order valence-corrected chi connectivity index (χ0v) is 13.5. The highest BCUT2D eigenvalue weighted by Crippen LogP contribution is 2.27. The third-order valence-electron chi connectivity index (χ3n) is 3.94. The molecule has 1 aliphatic rings. The smallest absolute Gasteiger partial charge is 0.305 e. The first-order chi connectivity index (χ1) is 9.42. The summed E-state index contributed by atoms with van der Waals surface area (Å²) in [5.41, 5.74) is 1.14. The number of hydrogen-bond acceptors (Lipinski definition) is 6. The number of aromatic nitrogens is 1. The van der Waals surface area contributed by atoms with E-state index in [4.69, 9.17) is 0 Å². The van der Waals surface area contributed by atoms with Crippen molar-refractivity contribution in [2.45, 2.75) is 32.2 Å². The Kier molecular flexibility index (Phi) is 4.65. The zero-order valence-electron chi connectivity index (χ0n) is 12.7. The van der Waals surface area contributed by atoms with Crippen LogP contribution < -0.4 is 4.90 Å². The highest BCUT2D eigenvalue weighted by Gasteiger charge is 2.32. The van der Waals surface area contributed by atoms with Crippen LogP contribution in [0.25, 0.3) is 0 Å². The number of carbonyl (C=O) groups excluding carboxylic acids is 1. The van der Waals surface area contributed by atoms with Crippen LogP contribution in [0.5, 0.6) is 0 Å². The van der Waals surface area contributed by atoms with Crippen molar-refractivity contribution in [1.82, 2.24) is 9.88 Å². The molecule has 0 unspecified atom stereocenters. The Bertz CT molecular complexity index is 473. The summed E-state index contributed by atoms with van der Waals surface area (Å²) in [6.45, 7) is 7.54. The SMILES string of the molecule is COC(=O)CCc1csc(N2CCN(C)C(C)(C)C2)n1. The van der Waals surface area contributed by atoms with Crippen LogP contribution in [0.4, 0.5) is 5.13 Å². The first-order valence-corrected chi connectivity index (χ1v) is 7.78. The number of rotatable bonds is 4. The molecule has 0 bridgehead atoms. The van der Waals surface area contributed by atoms with Gasteiger partial charge in [0.15, 0.2) is 5.13 Å². The van der Waals surface area contributed by atoms with E-state index in [2.05, 4.69) is 40.4 Å². The third kappa shape index (κ3) is 3.49. The number of ether oxygens (including phenoxy) is 1. The maximum absolute atomic E-state index is 11.2. The third-order valence-corrected chi connectivity index (χ3v) is 4.89. The first-order valence-electron chi connectivity index (χ1n) is 6.90. The lowest BCUT2D eigenvalue weighted by Crippen LogP contribution is -2.57. The van der Waals surface area contributed by atoms with E-state index in [-0.39, 0.29) is 11.5 Å². The predicted molar refractivity (Wildman–Crippen MR) is 81.4 cm³/mol. The molecule has 0 aromatic carbocycles. The minimum Gasteiger partial charge on any atom is -0.469 e. The average Bonchev–Trinajstić information content (AvgIpc) is 2.88. The van der Waals surface area contributed by atoms with Crippen LogP contribution in [0.1, 0.15) is 26.0 Å². The van der Waals surface area contributed by atoms with E-state index in [0.717, 1.165) is 30.5 Å².